The third-order valence-corrected chi connectivity index (χ3v) is 12.5. The van der Waals surface area contributed by atoms with Gasteiger partial charge in [-0.05, 0) is 20.8 Å². The maximum absolute atomic E-state index is 14.0. The second-order valence-corrected chi connectivity index (χ2v) is 14.9. The van der Waals surface area contributed by atoms with Crippen molar-refractivity contribution in [2.24, 2.45) is 0 Å². The van der Waals surface area contributed by atoms with Gasteiger partial charge in [-0.15, -0.1) is 0 Å². The molecule has 0 atom stereocenters. The summed E-state index contributed by atoms with van der Waals surface area (Å²) < 4.78 is 214. The second kappa shape index (κ2) is 10.2. The molecule has 20 heteroatoms. The molecule has 0 aliphatic carbocycles. The molecule has 234 valence electrons. The van der Waals surface area contributed by atoms with Crippen molar-refractivity contribution in [1.29, 1.82) is 0 Å². The zero-order valence-electron chi connectivity index (χ0n) is 19.9. The van der Waals surface area contributed by atoms with E-state index in [0.717, 1.165) is 0 Å². The number of nitrogens with zero attached hydrogens (tertiary/aromatic N) is 1. The van der Waals surface area contributed by atoms with Crippen LogP contribution in [0.25, 0.3) is 0 Å². The molecular formula is C19H22ClF17NP. The van der Waals surface area contributed by atoms with Gasteiger partial charge in [-0.1, -0.05) is 30.3 Å². The summed E-state index contributed by atoms with van der Waals surface area (Å²) in [6.45, 7) is 11.7. The molecule has 0 fully saturated rings. The third-order valence-electron chi connectivity index (χ3n) is 6.19. The Morgan fingerprint density at radius 1 is 0.564 bits per heavy atom. The van der Waals surface area contributed by atoms with E-state index < -0.39 is 41.4 Å². The van der Waals surface area contributed by atoms with Gasteiger partial charge in [0.05, 0.1) is 19.6 Å². The van der Waals surface area contributed by atoms with E-state index in [0.29, 0.717) is 0 Å². The average molecular weight is 654 g/mol. The van der Waals surface area contributed by atoms with E-state index in [2.05, 4.69) is 62.3 Å². The number of hydrogen-bond donors (Lipinski definition) is 0. The molecule has 0 aromatic heterocycles. The molecule has 0 N–H and O–H groups in total. The van der Waals surface area contributed by atoms with E-state index >= 15 is 0 Å². The van der Waals surface area contributed by atoms with Crippen LogP contribution in [0.3, 0.4) is 0 Å². The molecule has 0 amide bonds. The summed E-state index contributed by atoms with van der Waals surface area (Å²) in [4.78, 5) is 0. The minimum absolute atomic E-state index is 1.17. The van der Waals surface area contributed by atoms with Crippen LogP contribution in [0.4, 0.5) is 74.3 Å². The fourth-order valence-electron chi connectivity index (χ4n) is 3.32. The zero-order chi connectivity index (χ0) is 31.8. The van der Waals surface area contributed by atoms with Crippen molar-refractivity contribution in [1.82, 2.24) is 0 Å². The van der Waals surface area contributed by atoms with Crippen molar-refractivity contribution in [3.05, 3.63) is 35.9 Å². The summed E-state index contributed by atoms with van der Waals surface area (Å²) in [7, 11) is 0. The first-order valence-corrected chi connectivity index (χ1v) is 13.8. The summed E-state index contributed by atoms with van der Waals surface area (Å²) in [6.07, 6.45) is -25.4. The van der Waals surface area contributed by atoms with Gasteiger partial charge in [0.15, 0.2) is 0 Å². The molecule has 0 spiro atoms. The molecule has 0 radical (unpaired) electrons. The number of quaternary nitrogens is 1. The third kappa shape index (κ3) is 5.15. The van der Waals surface area contributed by atoms with Crippen molar-refractivity contribution < 1.29 is 78.7 Å². The standard InChI is InChI=1S/C13H22N.C6ClF17P/c1-4-14(5-2,6-3)12-13-10-8-7-9-11-13;7-25(23,24,4(17,18)1(8,9)10,5(19,20)2(11,12)13)6(21,22)3(14,15)16/h7-11H,4-6,12H2,1-3H3;/q+1;-1. The van der Waals surface area contributed by atoms with Crippen molar-refractivity contribution in [2.45, 2.75) is 62.8 Å². The molecule has 0 aliphatic heterocycles. The van der Waals surface area contributed by atoms with Crippen LogP contribution in [0.2, 0.25) is 0 Å². The summed E-state index contributed by atoms with van der Waals surface area (Å²) in [6, 6.07) is 10.8. The first kappa shape index (κ1) is 37.7. The van der Waals surface area contributed by atoms with Crippen LogP contribution in [0.5, 0.6) is 0 Å². The Balaban J connectivity index is 0.000000864. The van der Waals surface area contributed by atoms with Crippen LogP contribution in [0.15, 0.2) is 30.3 Å². The van der Waals surface area contributed by atoms with E-state index in [1.807, 2.05) is 0 Å². The number of alkyl halides is 15. The molecule has 0 heterocycles. The number of hydrogen-bond acceptors (Lipinski definition) is 0. The first-order chi connectivity index (χ1) is 16.8. The van der Waals surface area contributed by atoms with Crippen LogP contribution in [-0.4, -0.2) is 59.6 Å². The van der Waals surface area contributed by atoms with Gasteiger partial charge in [-0.3, -0.25) is 0 Å². The number of halogens is 18. The van der Waals surface area contributed by atoms with Gasteiger partial charge in [0, 0.05) is 5.56 Å². The monoisotopic (exact) mass is 653 g/mol. The number of benzene rings is 1. The van der Waals surface area contributed by atoms with E-state index in [-0.39, 0.29) is 0 Å². The van der Waals surface area contributed by atoms with Gasteiger partial charge in [0.25, 0.3) is 0 Å². The Bertz CT molecular complexity index is 885. The second-order valence-electron chi connectivity index (χ2n) is 8.34. The molecule has 0 unspecified atom stereocenters. The summed E-state index contributed by atoms with van der Waals surface area (Å²) in [5, 5.41) is 0. The Hall–Kier alpha value is -1.29. The molecule has 1 aromatic rings. The van der Waals surface area contributed by atoms with E-state index in [1.165, 1.54) is 36.2 Å². The molecule has 1 aromatic carbocycles. The van der Waals surface area contributed by atoms with Crippen LogP contribution in [0, 0.1) is 0 Å². The Kier molecular flexibility index (Phi) is 9.87. The molecule has 0 saturated heterocycles. The minimum atomic E-state index is -14.0. The molecule has 1 nitrogen and oxygen atoms in total. The van der Waals surface area contributed by atoms with E-state index in [4.69, 9.17) is 0 Å². The van der Waals surface area contributed by atoms with Gasteiger partial charge in [-0.2, -0.15) is 0 Å². The van der Waals surface area contributed by atoms with Crippen LogP contribution in [0.1, 0.15) is 26.3 Å². The van der Waals surface area contributed by atoms with Gasteiger partial charge in [0.1, 0.15) is 6.54 Å². The zero-order valence-corrected chi connectivity index (χ0v) is 21.6. The van der Waals surface area contributed by atoms with Gasteiger partial charge in [0.2, 0.25) is 0 Å². The Morgan fingerprint density at radius 2 is 0.821 bits per heavy atom. The predicted octanol–water partition coefficient (Wildman–Crippen LogP) is 10.5. The predicted molar refractivity (Wildman–Crippen MR) is 110 cm³/mol. The van der Waals surface area contributed by atoms with Crippen molar-refractivity contribution in [3.8, 4) is 0 Å². The first-order valence-electron chi connectivity index (χ1n) is 10.4. The fraction of sp³-hybridized carbons (Fsp3) is 0.684. The topological polar surface area (TPSA) is 0 Å². The van der Waals surface area contributed by atoms with Gasteiger partial charge >= 0.3 is 127 Å². The summed E-state index contributed by atoms with van der Waals surface area (Å²) >= 11 is 2.77. The normalized spacial score (nSPS) is 16.6. The van der Waals surface area contributed by atoms with E-state index in [9.17, 15) is 74.3 Å². The maximum atomic E-state index is 13.8. The molecule has 0 saturated carbocycles. The van der Waals surface area contributed by atoms with Crippen LogP contribution < -0.4 is 0 Å². The van der Waals surface area contributed by atoms with Crippen LogP contribution >= 0.6 is 17.2 Å². The molecular weight excluding hydrogens is 632 g/mol. The van der Waals surface area contributed by atoms with Crippen LogP contribution in [-0.2, 0) is 6.54 Å². The van der Waals surface area contributed by atoms with Gasteiger partial charge in [-0.25, -0.2) is 0 Å². The fourth-order valence-corrected chi connectivity index (χ4v) is 6.86. The van der Waals surface area contributed by atoms with Crippen molar-refractivity contribution in [3.63, 3.8) is 0 Å². The average Bonchev–Trinajstić information content (AvgIpc) is 2.76. The molecule has 39 heavy (non-hydrogen) atoms. The summed E-state index contributed by atoms with van der Waals surface area (Å²) in [5.41, 5.74) is -26.5. The number of rotatable bonds is 8. The molecule has 1 rings (SSSR count). The molecule has 0 aliphatic rings. The van der Waals surface area contributed by atoms with Crippen molar-refractivity contribution >= 4 is 17.2 Å². The quantitative estimate of drug-likeness (QED) is 0.149. The summed E-state index contributed by atoms with van der Waals surface area (Å²) in [5.74, 6) is -14.0. The SMILES string of the molecule is CC[N+](CC)(CC)Cc1ccccc1.FC(F)(F)C(F)(F)[P-](F)(F)(Cl)(C(F)(F)C(F)(F)F)C(F)(F)C(F)(F)F. The van der Waals surface area contributed by atoms with Crippen molar-refractivity contribution in [2.75, 3.05) is 19.6 Å². The Labute approximate surface area is 215 Å². The Morgan fingerprint density at radius 3 is 1.03 bits per heavy atom. The van der Waals surface area contributed by atoms with E-state index in [1.54, 1.807) is 0 Å². The molecule has 0 bridgehead atoms. The van der Waals surface area contributed by atoms with Gasteiger partial charge < -0.3 is 4.48 Å².